The van der Waals surface area contributed by atoms with Crippen molar-refractivity contribution in [2.45, 2.75) is 30.2 Å². The molecule has 0 aromatic heterocycles. The highest BCUT2D eigenvalue weighted by Crippen LogP contribution is 2.83. The highest BCUT2D eigenvalue weighted by Gasteiger charge is 2.87. The number of hydrogen-bond acceptors (Lipinski definition) is 0. The Morgan fingerprint density at radius 1 is 0.800 bits per heavy atom. The van der Waals surface area contributed by atoms with Crippen molar-refractivity contribution in [3.63, 3.8) is 0 Å². The first-order valence-electron chi connectivity index (χ1n) is 6.21. The lowest BCUT2D eigenvalue weighted by atomic mass is 9.72. The van der Waals surface area contributed by atoms with Crippen molar-refractivity contribution in [1.29, 1.82) is 0 Å². The van der Waals surface area contributed by atoms with Crippen molar-refractivity contribution in [2.24, 2.45) is 23.7 Å². The lowest BCUT2D eigenvalue weighted by Crippen LogP contribution is -2.46. The van der Waals surface area contributed by atoms with Gasteiger partial charge in [-0.3, -0.25) is 0 Å². The molecule has 0 radical (unpaired) electrons. The third kappa shape index (κ3) is 1.32. The lowest BCUT2D eigenvalue weighted by molar-refractivity contribution is 0.233. The van der Waals surface area contributed by atoms with E-state index in [4.69, 9.17) is 69.6 Å². The van der Waals surface area contributed by atoms with Gasteiger partial charge in [-0.05, 0) is 30.1 Å². The second-order valence-electron chi connectivity index (χ2n) is 6.13. The van der Waals surface area contributed by atoms with Gasteiger partial charge in [0.1, 0.15) is 9.75 Å². The van der Waals surface area contributed by atoms with Crippen LogP contribution in [0.4, 0.5) is 0 Å². The van der Waals surface area contributed by atoms with Gasteiger partial charge in [0, 0.05) is 9.65 Å². The third-order valence-electron chi connectivity index (χ3n) is 5.64. The van der Waals surface area contributed by atoms with Crippen molar-refractivity contribution in [1.82, 2.24) is 0 Å². The van der Waals surface area contributed by atoms with Crippen molar-refractivity contribution < 1.29 is 0 Å². The van der Waals surface area contributed by atoms with Gasteiger partial charge < -0.3 is 0 Å². The van der Waals surface area contributed by atoms with Crippen LogP contribution >= 0.6 is 101 Å². The Morgan fingerprint density at radius 3 is 1.50 bits per heavy atom. The predicted octanol–water partition coefficient (Wildman–Crippen LogP) is 6.24. The second kappa shape index (κ2) is 4.34. The van der Waals surface area contributed by atoms with Gasteiger partial charge in [0.2, 0.25) is 0 Å². The number of hydrogen-bond donors (Lipinski definition) is 0. The number of rotatable bonds is 0. The molecule has 8 atom stereocenters. The largest absolute Gasteiger partial charge is 0.166 e. The summed E-state index contributed by atoms with van der Waals surface area (Å²) in [4.78, 5) is -1.56. The van der Waals surface area contributed by atoms with E-state index >= 15 is 0 Å². The molecule has 0 aliphatic heterocycles. The highest BCUT2D eigenvalue weighted by molar-refractivity contribution is 9.12. The van der Waals surface area contributed by atoms with E-state index in [1.807, 2.05) is 0 Å². The Hall–Kier alpha value is 2.44. The Kier molecular flexibility index (Phi) is 3.46. The standard InChI is InChI=1S/C12H8Br2Cl6/c13-6-2-1-3(7(6)14)5-4(2)10(17)8(15)9(16)11(5,18)12(10,19)20/h2-7H,1H2/t2-,3+,4-,5+,6+,7-,10-,11-/m0/s1. The van der Waals surface area contributed by atoms with Gasteiger partial charge in [-0.15, -0.1) is 23.2 Å². The molecule has 0 heterocycles. The minimum Gasteiger partial charge on any atom is -0.109 e. The molecule has 20 heavy (non-hydrogen) atoms. The van der Waals surface area contributed by atoms with Gasteiger partial charge in [0.25, 0.3) is 0 Å². The summed E-state index contributed by atoms with van der Waals surface area (Å²) < 4.78 is -1.40. The molecule has 0 amide bonds. The molecule has 4 bridgehead atoms. The molecule has 3 fully saturated rings. The summed E-state index contributed by atoms with van der Waals surface area (Å²) >= 11 is 47.3. The molecular formula is C12H8Br2Cl6. The third-order valence-corrected chi connectivity index (χ3v) is 13.1. The molecule has 8 heteroatoms. The summed E-state index contributed by atoms with van der Waals surface area (Å²) in [5, 5.41) is 0.640. The van der Waals surface area contributed by atoms with Gasteiger partial charge in [-0.2, -0.15) is 0 Å². The van der Waals surface area contributed by atoms with Crippen LogP contribution in [0.1, 0.15) is 6.42 Å². The maximum Gasteiger partial charge on any atom is 0.166 e. The van der Waals surface area contributed by atoms with Crippen LogP contribution in [-0.4, -0.2) is 23.7 Å². The van der Waals surface area contributed by atoms with Crippen LogP contribution in [0.5, 0.6) is 0 Å². The van der Waals surface area contributed by atoms with Crippen LogP contribution in [-0.2, 0) is 0 Å². The summed E-state index contributed by atoms with van der Waals surface area (Å²) in [6, 6.07) is 0. The van der Waals surface area contributed by atoms with Gasteiger partial charge in [-0.1, -0.05) is 78.3 Å². The maximum absolute atomic E-state index is 6.87. The first kappa shape index (κ1) is 15.9. The van der Waals surface area contributed by atoms with E-state index in [9.17, 15) is 0 Å². The normalized spacial score (nSPS) is 62.4. The number of allylic oxidation sites excluding steroid dienone is 2. The van der Waals surface area contributed by atoms with Crippen LogP contribution in [0.3, 0.4) is 0 Å². The summed E-state index contributed by atoms with van der Waals surface area (Å²) in [5.74, 6) is 0.746. The molecule has 4 rings (SSSR count). The molecule has 4 aliphatic rings. The fourth-order valence-corrected chi connectivity index (χ4v) is 9.93. The minimum atomic E-state index is -1.40. The van der Waals surface area contributed by atoms with Crippen molar-refractivity contribution in [3.8, 4) is 0 Å². The molecule has 0 aromatic rings. The van der Waals surface area contributed by atoms with Gasteiger partial charge >= 0.3 is 0 Å². The van der Waals surface area contributed by atoms with E-state index in [1.54, 1.807) is 0 Å². The van der Waals surface area contributed by atoms with Crippen LogP contribution in [0.25, 0.3) is 0 Å². The highest BCUT2D eigenvalue weighted by atomic mass is 79.9. The van der Waals surface area contributed by atoms with E-state index in [0.717, 1.165) is 6.42 Å². The molecule has 0 saturated heterocycles. The lowest BCUT2D eigenvalue weighted by Gasteiger charge is -2.43. The molecule has 0 aromatic carbocycles. The second-order valence-corrected chi connectivity index (χ2v) is 11.5. The monoisotopic (exact) mass is 520 g/mol. The van der Waals surface area contributed by atoms with Crippen molar-refractivity contribution >= 4 is 101 Å². The Bertz CT molecular complexity index is 506. The molecular weight excluding hydrogens is 517 g/mol. The van der Waals surface area contributed by atoms with Crippen LogP contribution in [0, 0.1) is 23.7 Å². The SMILES string of the molecule is ClC1=C(Cl)[C@@]2(Cl)[C@H]3[C@@H]4C[C@@H]([C@H](Br)[C@@H]4Br)[C@H]3[C@@]1(Cl)C2(Cl)Cl. The minimum absolute atomic E-state index is 0.0369. The fourth-order valence-electron chi connectivity index (χ4n) is 4.92. The van der Waals surface area contributed by atoms with E-state index in [-0.39, 0.29) is 11.8 Å². The molecule has 3 saturated carbocycles. The topological polar surface area (TPSA) is 0 Å². The van der Waals surface area contributed by atoms with Crippen LogP contribution < -0.4 is 0 Å². The molecule has 4 aliphatic carbocycles. The van der Waals surface area contributed by atoms with Gasteiger partial charge in [0.05, 0.1) is 10.1 Å². The van der Waals surface area contributed by atoms with Crippen molar-refractivity contribution in [2.75, 3.05) is 0 Å². The number of fused-ring (bicyclic) bond motifs is 9. The first-order chi connectivity index (χ1) is 9.11. The number of halogens is 8. The zero-order valence-electron chi connectivity index (χ0n) is 9.69. The van der Waals surface area contributed by atoms with E-state index in [0.29, 0.717) is 31.6 Å². The smallest absolute Gasteiger partial charge is 0.109 e. The van der Waals surface area contributed by atoms with Crippen LogP contribution in [0.2, 0.25) is 0 Å². The maximum atomic E-state index is 6.87. The van der Waals surface area contributed by atoms with E-state index in [1.165, 1.54) is 0 Å². The molecule has 0 unspecified atom stereocenters. The quantitative estimate of drug-likeness (QED) is 0.260. The summed E-state index contributed by atoms with van der Waals surface area (Å²) in [6.07, 6.45) is 1.03. The van der Waals surface area contributed by atoms with E-state index < -0.39 is 14.1 Å². The average Bonchev–Trinajstić information content (AvgIpc) is 2.97. The van der Waals surface area contributed by atoms with E-state index in [2.05, 4.69) is 31.9 Å². The summed E-state index contributed by atoms with van der Waals surface area (Å²) in [6.45, 7) is 0. The zero-order valence-corrected chi connectivity index (χ0v) is 17.4. The van der Waals surface area contributed by atoms with Crippen LogP contribution in [0.15, 0.2) is 10.1 Å². The summed E-state index contributed by atoms with van der Waals surface area (Å²) in [7, 11) is 0. The van der Waals surface area contributed by atoms with Gasteiger partial charge in [-0.25, -0.2) is 0 Å². The van der Waals surface area contributed by atoms with Gasteiger partial charge in [0.15, 0.2) is 4.33 Å². The fraction of sp³-hybridized carbons (Fsp3) is 0.833. The molecule has 112 valence electrons. The van der Waals surface area contributed by atoms with Crippen molar-refractivity contribution in [3.05, 3.63) is 10.1 Å². The Balaban J connectivity index is 1.98. The number of alkyl halides is 6. The molecule has 0 N–H and O–H groups in total. The Morgan fingerprint density at radius 2 is 1.15 bits per heavy atom. The molecule has 0 nitrogen and oxygen atoms in total. The molecule has 0 spiro atoms. The predicted molar refractivity (Wildman–Crippen MR) is 94.3 cm³/mol. The first-order valence-corrected chi connectivity index (χ1v) is 10.3. The zero-order chi connectivity index (χ0) is 14.8. The Labute approximate surface area is 164 Å². The average molecular weight is 525 g/mol. The summed E-state index contributed by atoms with van der Waals surface area (Å²) in [5.41, 5.74) is 0.